The lowest BCUT2D eigenvalue weighted by Crippen LogP contribution is -2.36. The first-order valence-corrected chi connectivity index (χ1v) is 4.82. The van der Waals surface area contributed by atoms with Crippen LogP contribution in [-0.4, -0.2) is 49.9 Å². The maximum atomic E-state index is 11.6. The van der Waals surface area contributed by atoms with Crippen LogP contribution in [0.4, 0.5) is 0 Å². The van der Waals surface area contributed by atoms with E-state index in [1.165, 1.54) is 0 Å². The summed E-state index contributed by atoms with van der Waals surface area (Å²) in [5.74, 6) is -0.556. The predicted octanol–water partition coefficient (Wildman–Crippen LogP) is 0.556. The maximum Gasteiger partial charge on any atom is 0.239 e. The molecule has 80 valence electrons. The molecule has 1 amide bonds. The molecule has 0 aliphatic carbocycles. The minimum atomic E-state index is -0.484. The van der Waals surface area contributed by atoms with Gasteiger partial charge in [-0.3, -0.25) is 4.79 Å². The van der Waals surface area contributed by atoms with Crippen molar-refractivity contribution in [3.8, 4) is 6.07 Å². The Morgan fingerprint density at radius 1 is 1.36 bits per heavy atom. The highest BCUT2D eigenvalue weighted by molar-refractivity contribution is 5.80. The standard InChI is InChI=1S/C10H19N3O/c1-5-9(8-11)10(14)13(4)7-6-12(2)3/h9H,5-7H2,1-4H3. The van der Waals surface area contributed by atoms with E-state index in [0.717, 1.165) is 6.54 Å². The number of amides is 1. The van der Waals surface area contributed by atoms with Crippen molar-refractivity contribution in [2.45, 2.75) is 13.3 Å². The molecule has 4 nitrogen and oxygen atoms in total. The summed E-state index contributed by atoms with van der Waals surface area (Å²) in [6, 6.07) is 2.02. The summed E-state index contributed by atoms with van der Waals surface area (Å²) in [5.41, 5.74) is 0. The summed E-state index contributed by atoms with van der Waals surface area (Å²) in [6.45, 7) is 3.35. The van der Waals surface area contributed by atoms with Gasteiger partial charge in [0, 0.05) is 20.1 Å². The highest BCUT2D eigenvalue weighted by Gasteiger charge is 2.19. The molecule has 0 aliphatic heterocycles. The summed E-state index contributed by atoms with van der Waals surface area (Å²) in [7, 11) is 5.66. The van der Waals surface area contributed by atoms with Crippen LogP contribution < -0.4 is 0 Å². The molecule has 1 atom stereocenters. The van der Waals surface area contributed by atoms with Gasteiger partial charge >= 0.3 is 0 Å². The molecule has 0 aromatic carbocycles. The summed E-state index contributed by atoms with van der Waals surface area (Å²) in [4.78, 5) is 15.2. The van der Waals surface area contributed by atoms with Crippen molar-refractivity contribution in [1.29, 1.82) is 5.26 Å². The van der Waals surface area contributed by atoms with Gasteiger partial charge in [-0.25, -0.2) is 0 Å². The molecule has 0 aromatic rings. The van der Waals surface area contributed by atoms with Crippen LogP contribution in [-0.2, 0) is 4.79 Å². The number of hydrogen-bond donors (Lipinski definition) is 0. The third-order valence-electron chi connectivity index (χ3n) is 2.12. The molecule has 0 radical (unpaired) electrons. The van der Waals surface area contributed by atoms with Gasteiger partial charge in [0.1, 0.15) is 5.92 Å². The van der Waals surface area contributed by atoms with Crippen LogP contribution in [0.5, 0.6) is 0 Å². The molecule has 14 heavy (non-hydrogen) atoms. The quantitative estimate of drug-likeness (QED) is 0.647. The van der Waals surface area contributed by atoms with E-state index in [2.05, 4.69) is 0 Å². The second-order valence-corrected chi connectivity index (χ2v) is 3.65. The Labute approximate surface area is 86.1 Å². The third kappa shape index (κ3) is 4.24. The van der Waals surface area contributed by atoms with Gasteiger partial charge in [0.15, 0.2) is 0 Å². The molecule has 0 N–H and O–H groups in total. The van der Waals surface area contributed by atoms with E-state index in [0.29, 0.717) is 13.0 Å². The summed E-state index contributed by atoms with van der Waals surface area (Å²) < 4.78 is 0. The number of likely N-dealkylation sites (N-methyl/N-ethyl adjacent to an activating group) is 2. The minimum Gasteiger partial charge on any atom is -0.343 e. The van der Waals surface area contributed by atoms with E-state index in [9.17, 15) is 4.79 Å². The van der Waals surface area contributed by atoms with Crippen LogP contribution in [0.15, 0.2) is 0 Å². The number of rotatable bonds is 5. The largest absolute Gasteiger partial charge is 0.343 e. The van der Waals surface area contributed by atoms with Crippen LogP contribution in [0.3, 0.4) is 0 Å². The van der Waals surface area contributed by atoms with E-state index in [-0.39, 0.29) is 5.91 Å². The van der Waals surface area contributed by atoms with Gasteiger partial charge in [0.05, 0.1) is 6.07 Å². The lowest BCUT2D eigenvalue weighted by atomic mass is 10.1. The highest BCUT2D eigenvalue weighted by atomic mass is 16.2. The van der Waals surface area contributed by atoms with Crippen LogP contribution >= 0.6 is 0 Å². The zero-order chi connectivity index (χ0) is 11.1. The van der Waals surface area contributed by atoms with Crippen molar-refractivity contribution in [1.82, 2.24) is 9.80 Å². The van der Waals surface area contributed by atoms with Gasteiger partial charge < -0.3 is 9.80 Å². The molecular formula is C10H19N3O. The normalized spacial score (nSPS) is 12.3. The topological polar surface area (TPSA) is 47.3 Å². The maximum absolute atomic E-state index is 11.6. The van der Waals surface area contributed by atoms with Gasteiger partial charge in [0.25, 0.3) is 0 Å². The SMILES string of the molecule is CCC(C#N)C(=O)N(C)CCN(C)C. The average Bonchev–Trinajstić information content (AvgIpc) is 2.15. The highest BCUT2D eigenvalue weighted by Crippen LogP contribution is 2.04. The minimum absolute atomic E-state index is 0.0724. The number of nitrogens with zero attached hydrogens (tertiary/aromatic N) is 3. The first-order chi connectivity index (χ1) is 6.52. The molecule has 0 spiro atoms. The summed E-state index contributed by atoms with van der Waals surface area (Å²) >= 11 is 0. The smallest absolute Gasteiger partial charge is 0.239 e. The molecule has 0 aliphatic rings. The lowest BCUT2D eigenvalue weighted by Gasteiger charge is -2.21. The molecule has 0 bridgehead atoms. The molecule has 4 heteroatoms. The van der Waals surface area contributed by atoms with Crippen molar-refractivity contribution >= 4 is 5.91 Å². The Hall–Kier alpha value is -1.08. The Morgan fingerprint density at radius 2 is 1.93 bits per heavy atom. The molecule has 0 saturated carbocycles. The molecule has 0 rings (SSSR count). The molecule has 1 unspecified atom stereocenters. The van der Waals surface area contributed by atoms with Crippen molar-refractivity contribution in [3.05, 3.63) is 0 Å². The van der Waals surface area contributed by atoms with Gasteiger partial charge in [-0.1, -0.05) is 6.92 Å². The lowest BCUT2D eigenvalue weighted by molar-refractivity contribution is -0.132. The van der Waals surface area contributed by atoms with Crippen molar-refractivity contribution in [2.24, 2.45) is 5.92 Å². The van der Waals surface area contributed by atoms with E-state index in [4.69, 9.17) is 5.26 Å². The molecular weight excluding hydrogens is 178 g/mol. The van der Waals surface area contributed by atoms with Crippen LogP contribution in [0.1, 0.15) is 13.3 Å². The number of hydrogen-bond acceptors (Lipinski definition) is 3. The van der Waals surface area contributed by atoms with Crippen molar-refractivity contribution < 1.29 is 4.79 Å². The van der Waals surface area contributed by atoms with Gasteiger partial charge in [0.2, 0.25) is 5.91 Å². The average molecular weight is 197 g/mol. The summed E-state index contributed by atoms with van der Waals surface area (Å²) in [6.07, 6.45) is 0.585. The molecule has 0 saturated heterocycles. The van der Waals surface area contributed by atoms with Gasteiger partial charge in [-0.2, -0.15) is 5.26 Å². The number of carbonyl (C=O) groups is 1. The van der Waals surface area contributed by atoms with E-state index in [1.54, 1.807) is 11.9 Å². The molecule has 0 heterocycles. The third-order valence-corrected chi connectivity index (χ3v) is 2.12. The fourth-order valence-corrected chi connectivity index (χ4v) is 1.05. The monoisotopic (exact) mass is 197 g/mol. The van der Waals surface area contributed by atoms with E-state index < -0.39 is 5.92 Å². The number of nitriles is 1. The summed E-state index contributed by atoms with van der Waals surface area (Å²) in [5, 5.41) is 8.71. The number of carbonyl (C=O) groups excluding carboxylic acids is 1. The Balaban J connectivity index is 4.05. The van der Waals surface area contributed by atoms with Gasteiger partial charge in [-0.15, -0.1) is 0 Å². The Kier molecular flexibility index (Phi) is 5.89. The van der Waals surface area contributed by atoms with Crippen LogP contribution in [0.2, 0.25) is 0 Å². The zero-order valence-corrected chi connectivity index (χ0v) is 9.45. The Morgan fingerprint density at radius 3 is 2.29 bits per heavy atom. The first kappa shape index (κ1) is 12.9. The second-order valence-electron chi connectivity index (χ2n) is 3.65. The van der Waals surface area contributed by atoms with E-state index in [1.807, 2.05) is 32.0 Å². The Bertz CT molecular complexity index is 220. The second kappa shape index (κ2) is 6.39. The van der Waals surface area contributed by atoms with E-state index >= 15 is 0 Å². The molecule has 0 fully saturated rings. The van der Waals surface area contributed by atoms with Gasteiger partial charge in [-0.05, 0) is 20.5 Å². The fraction of sp³-hybridized carbons (Fsp3) is 0.800. The molecule has 0 aromatic heterocycles. The van der Waals surface area contributed by atoms with Crippen LogP contribution in [0, 0.1) is 17.2 Å². The van der Waals surface area contributed by atoms with Crippen LogP contribution in [0.25, 0.3) is 0 Å². The fourth-order valence-electron chi connectivity index (χ4n) is 1.05. The zero-order valence-electron chi connectivity index (χ0n) is 9.45. The van der Waals surface area contributed by atoms with Crippen molar-refractivity contribution in [3.63, 3.8) is 0 Å². The van der Waals surface area contributed by atoms with Crippen molar-refractivity contribution in [2.75, 3.05) is 34.2 Å². The predicted molar refractivity (Wildman–Crippen MR) is 55.6 cm³/mol. The first-order valence-electron chi connectivity index (χ1n) is 4.82.